The molecule has 0 spiro atoms. The van der Waals surface area contributed by atoms with Gasteiger partial charge in [-0.3, -0.25) is 9.59 Å². The molecule has 4 rings (SSSR count). The third-order valence-corrected chi connectivity index (χ3v) is 5.79. The van der Waals surface area contributed by atoms with E-state index in [9.17, 15) is 19.5 Å². The number of nitrogens with zero attached hydrogens (tertiary/aromatic N) is 3. The van der Waals surface area contributed by atoms with Crippen molar-refractivity contribution < 1.29 is 19.5 Å². The second-order valence-corrected chi connectivity index (χ2v) is 7.44. The number of carboxylic acids is 1. The number of aromatic nitrogens is 2. The minimum atomic E-state index is -1.000. The van der Waals surface area contributed by atoms with Crippen molar-refractivity contribution in [2.24, 2.45) is 11.7 Å². The number of para-hydroxylation sites is 1. The van der Waals surface area contributed by atoms with E-state index in [0.717, 1.165) is 25.7 Å². The number of carboxylic acid groups (broad SMARTS) is 1. The summed E-state index contributed by atoms with van der Waals surface area (Å²) in [5.41, 5.74) is 6.20. The first-order valence-corrected chi connectivity index (χ1v) is 9.48. The number of likely N-dealkylation sites (tertiary alicyclic amines) is 1. The van der Waals surface area contributed by atoms with Gasteiger partial charge in [-0.05, 0) is 37.3 Å². The van der Waals surface area contributed by atoms with Crippen LogP contribution in [0, 0.1) is 5.92 Å². The Morgan fingerprint density at radius 1 is 1.11 bits per heavy atom. The predicted octanol–water partition coefficient (Wildman–Crippen LogP) is 1.83. The molecule has 2 aromatic rings. The summed E-state index contributed by atoms with van der Waals surface area (Å²) in [7, 11) is 0. The van der Waals surface area contributed by atoms with Gasteiger partial charge < -0.3 is 15.7 Å². The van der Waals surface area contributed by atoms with E-state index in [1.165, 1.54) is 15.6 Å². The molecule has 1 saturated carbocycles. The van der Waals surface area contributed by atoms with Crippen LogP contribution in [-0.4, -0.2) is 49.7 Å². The molecule has 1 saturated heterocycles. The Bertz CT molecular complexity index is 924. The Labute approximate surface area is 161 Å². The summed E-state index contributed by atoms with van der Waals surface area (Å²) in [5, 5.41) is 14.0. The van der Waals surface area contributed by atoms with Gasteiger partial charge in [0.2, 0.25) is 0 Å². The van der Waals surface area contributed by atoms with Crippen LogP contribution >= 0.6 is 0 Å². The van der Waals surface area contributed by atoms with Crippen LogP contribution in [0.3, 0.4) is 0 Å². The van der Waals surface area contributed by atoms with Crippen molar-refractivity contribution in [1.82, 2.24) is 14.7 Å². The summed E-state index contributed by atoms with van der Waals surface area (Å²) in [4.78, 5) is 38.4. The number of rotatable bonds is 4. The Kier molecular flexibility index (Phi) is 4.62. The van der Waals surface area contributed by atoms with Gasteiger partial charge in [-0.2, -0.15) is 5.10 Å². The molecule has 1 aliphatic carbocycles. The van der Waals surface area contributed by atoms with Crippen LogP contribution in [0.15, 0.2) is 36.4 Å². The second kappa shape index (κ2) is 7.10. The third kappa shape index (κ3) is 3.04. The molecular formula is C20H22N4O4. The Balaban J connectivity index is 1.73. The molecule has 3 atom stereocenters. The van der Waals surface area contributed by atoms with Crippen molar-refractivity contribution >= 4 is 17.8 Å². The van der Waals surface area contributed by atoms with Crippen LogP contribution in [0.1, 0.15) is 53.1 Å². The molecular weight excluding hydrogens is 360 g/mol. The summed E-state index contributed by atoms with van der Waals surface area (Å²) >= 11 is 0. The Morgan fingerprint density at radius 3 is 2.50 bits per heavy atom. The quantitative estimate of drug-likeness (QED) is 0.836. The van der Waals surface area contributed by atoms with Crippen molar-refractivity contribution in [2.75, 3.05) is 0 Å². The van der Waals surface area contributed by atoms with Gasteiger partial charge in [0, 0.05) is 12.1 Å². The molecule has 8 nitrogen and oxygen atoms in total. The minimum Gasteiger partial charge on any atom is -0.480 e. The molecule has 0 unspecified atom stereocenters. The Hall–Kier alpha value is -3.16. The van der Waals surface area contributed by atoms with E-state index in [1.807, 2.05) is 6.07 Å². The molecule has 1 aliphatic heterocycles. The van der Waals surface area contributed by atoms with Crippen LogP contribution in [-0.2, 0) is 4.79 Å². The van der Waals surface area contributed by atoms with Crippen LogP contribution in [0.25, 0.3) is 5.69 Å². The molecule has 0 bridgehead atoms. The van der Waals surface area contributed by atoms with E-state index in [0.29, 0.717) is 12.1 Å². The van der Waals surface area contributed by atoms with Crippen molar-refractivity contribution in [3.63, 3.8) is 0 Å². The smallest absolute Gasteiger partial charge is 0.326 e. The van der Waals surface area contributed by atoms with Gasteiger partial charge in [-0.25, -0.2) is 9.48 Å². The molecule has 2 aliphatic rings. The van der Waals surface area contributed by atoms with Crippen molar-refractivity contribution in [1.29, 1.82) is 0 Å². The second-order valence-electron chi connectivity index (χ2n) is 7.44. The van der Waals surface area contributed by atoms with Crippen LogP contribution in [0.5, 0.6) is 0 Å². The fraction of sp³-hybridized carbons (Fsp3) is 0.400. The van der Waals surface area contributed by atoms with E-state index in [2.05, 4.69) is 5.10 Å². The zero-order valence-electron chi connectivity index (χ0n) is 15.3. The maximum Gasteiger partial charge on any atom is 0.326 e. The lowest BCUT2D eigenvalue weighted by molar-refractivity contribution is -0.141. The van der Waals surface area contributed by atoms with Gasteiger partial charge in [-0.1, -0.05) is 31.0 Å². The zero-order valence-corrected chi connectivity index (χ0v) is 15.3. The number of fused-ring (bicyclic) bond motifs is 1. The number of carbonyl (C=O) groups is 3. The lowest BCUT2D eigenvalue weighted by atomic mass is 9.84. The highest BCUT2D eigenvalue weighted by Crippen LogP contribution is 2.40. The van der Waals surface area contributed by atoms with Gasteiger partial charge in [0.15, 0.2) is 5.69 Å². The minimum absolute atomic E-state index is 0.0372. The number of primary amides is 1. The number of amides is 2. The molecule has 2 fully saturated rings. The highest BCUT2D eigenvalue weighted by molar-refractivity contribution is 5.99. The summed E-state index contributed by atoms with van der Waals surface area (Å²) in [6.07, 6.45) is 4.23. The first-order chi connectivity index (χ1) is 13.5. The maximum absolute atomic E-state index is 13.3. The standard InChI is InChI=1S/C20H22N4O4/c21-18(25)16-11-14(22-24(16)13-7-2-1-3-8-13)19(26)23-15-9-5-4-6-12(15)10-17(23)20(27)28/h1-3,7-8,11-12,15,17H,4-6,9-10H2,(H2,21,25)(H,27,28)/t12-,15-,17-/m0/s1. The number of aliphatic carboxylic acids is 1. The molecule has 1 aromatic heterocycles. The van der Waals surface area contributed by atoms with E-state index < -0.39 is 23.8 Å². The zero-order chi connectivity index (χ0) is 19.8. The van der Waals surface area contributed by atoms with Crippen LogP contribution in [0.2, 0.25) is 0 Å². The summed E-state index contributed by atoms with van der Waals surface area (Å²) < 4.78 is 1.33. The van der Waals surface area contributed by atoms with E-state index in [4.69, 9.17) is 5.73 Å². The maximum atomic E-state index is 13.3. The largest absolute Gasteiger partial charge is 0.480 e. The number of carbonyl (C=O) groups excluding carboxylic acids is 2. The van der Waals surface area contributed by atoms with Crippen LogP contribution < -0.4 is 5.73 Å². The Morgan fingerprint density at radius 2 is 1.82 bits per heavy atom. The molecule has 3 N–H and O–H groups in total. The van der Waals surface area contributed by atoms with Crippen molar-refractivity contribution in [3.05, 3.63) is 47.8 Å². The van der Waals surface area contributed by atoms with Crippen LogP contribution in [0.4, 0.5) is 0 Å². The fourth-order valence-corrected chi connectivity index (χ4v) is 4.53. The molecule has 2 amide bonds. The monoisotopic (exact) mass is 382 g/mol. The normalized spacial score (nSPS) is 24.0. The van der Waals surface area contributed by atoms with E-state index in [-0.39, 0.29) is 23.3 Å². The number of hydrogen-bond donors (Lipinski definition) is 2. The molecule has 8 heteroatoms. The third-order valence-electron chi connectivity index (χ3n) is 5.79. The van der Waals surface area contributed by atoms with Crippen molar-refractivity contribution in [2.45, 2.75) is 44.2 Å². The molecule has 28 heavy (non-hydrogen) atoms. The average Bonchev–Trinajstić information content (AvgIpc) is 3.31. The topological polar surface area (TPSA) is 119 Å². The molecule has 1 aromatic carbocycles. The van der Waals surface area contributed by atoms with E-state index >= 15 is 0 Å². The molecule has 146 valence electrons. The number of nitrogens with two attached hydrogens (primary N) is 1. The van der Waals surface area contributed by atoms with Gasteiger partial charge in [0.25, 0.3) is 11.8 Å². The highest BCUT2D eigenvalue weighted by atomic mass is 16.4. The number of hydrogen-bond acceptors (Lipinski definition) is 4. The lowest BCUT2D eigenvalue weighted by Gasteiger charge is -2.32. The van der Waals surface area contributed by atoms with Gasteiger partial charge in [0.1, 0.15) is 11.7 Å². The predicted molar refractivity (Wildman–Crippen MR) is 100 cm³/mol. The average molecular weight is 382 g/mol. The number of benzene rings is 1. The van der Waals surface area contributed by atoms with Gasteiger partial charge in [0.05, 0.1) is 5.69 Å². The molecule has 0 radical (unpaired) electrons. The highest BCUT2D eigenvalue weighted by Gasteiger charge is 2.48. The fourth-order valence-electron chi connectivity index (χ4n) is 4.53. The van der Waals surface area contributed by atoms with Gasteiger partial charge in [-0.15, -0.1) is 0 Å². The lowest BCUT2D eigenvalue weighted by Crippen LogP contribution is -2.46. The van der Waals surface area contributed by atoms with E-state index in [1.54, 1.807) is 24.3 Å². The summed E-state index contributed by atoms with van der Waals surface area (Å²) in [6.45, 7) is 0. The first kappa shape index (κ1) is 18.2. The molecule has 2 heterocycles. The van der Waals surface area contributed by atoms with Crippen molar-refractivity contribution in [3.8, 4) is 5.69 Å². The van der Waals surface area contributed by atoms with Gasteiger partial charge >= 0.3 is 5.97 Å². The summed E-state index contributed by atoms with van der Waals surface area (Å²) in [5.74, 6) is -1.97. The summed E-state index contributed by atoms with van der Waals surface area (Å²) in [6, 6.07) is 9.30. The SMILES string of the molecule is NC(=O)c1cc(C(=O)N2[C@H](C(=O)O)C[C@@H]3CCCC[C@@H]32)nn1-c1ccccc1. The first-order valence-electron chi connectivity index (χ1n) is 9.48.